The van der Waals surface area contributed by atoms with Crippen molar-refractivity contribution in [2.45, 2.75) is 26.4 Å². The van der Waals surface area contributed by atoms with Crippen LogP contribution >= 0.6 is 11.6 Å². The number of carboxylic acids is 1. The first kappa shape index (κ1) is 17.0. The minimum absolute atomic E-state index is 0.107. The molecule has 0 atom stereocenters. The molecule has 5 nitrogen and oxygen atoms in total. The van der Waals surface area contributed by atoms with E-state index in [4.69, 9.17) is 21.4 Å². The minimum atomic E-state index is -1.06. The van der Waals surface area contributed by atoms with Gasteiger partial charge < -0.3 is 15.2 Å². The third-order valence-corrected chi connectivity index (χ3v) is 2.66. The number of nitrogens with one attached hydrogen (secondary N) is 1. The molecule has 0 aromatic heterocycles. The average molecular weight is 312 g/mol. The largest absolute Gasteiger partial charge is 0.478 e. The van der Waals surface area contributed by atoms with E-state index in [1.807, 2.05) is 0 Å². The van der Waals surface area contributed by atoms with Crippen molar-refractivity contribution in [3.05, 3.63) is 40.4 Å². The van der Waals surface area contributed by atoms with Crippen molar-refractivity contribution in [2.75, 3.05) is 6.54 Å². The van der Waals surface area contributed by atoms with Crippen molar-refractivity contribution in [1.29, 1.82) is 0 Å². The average Bonchev–Trinajstić information content (AvgIpc) is 2.33. The van der Waals surface area contributed by atoms with Gasteiger partial charge >= 0.3 is 12.1 Å². The molecule has 0 aliphatic heterocycles. The van der Waals surface area contributed by atoms with Gasteiger partial charge in [0.1, 0.15) is 5.60 Å². The van der Waals surface area contributed by atoms with Crippen molar-refractivity contribution in [3.8, 4) is 0 Å². The summed E-state index contributed by atoms with van der Waals surface area (Å²) in [6.45, 7) is 5.51. The number of amides is 1. The lowest BCUT2D eigenvalue weighted by Gasteiger charge is -2.19. The lowest BCUT2D eigenvalue weighted by molar-refractivity contribution is 0.0533. The normalized spacial score (nSPS) is 11.4. The molecule has 0 aliphatic carbocycles. The Balaban J connectivity index is 2.66. The van der Waals surface area contributed by atoms with Gasteiger partial charge in [-0.25, -0.2) is 9.59 Å². The van der Waals surface area contributed by atoms with Crippen LogP contribution in [-0.2, 0) is 4.74 Å². The summed E-state index contributed by atoms with van der Waals surface area (Å²) >= 11 is 5.98. The monoisotopic (exact) mass is 311 g/mol. The quantitative estimate of drug-likeness (QED) is 0.891. The Morgan fingerprint density at radius 3 is 2.62 bits per heavy atom. The SMILES string of the molecule is CC(C)(C)OC(=O)NCC=Cc1c(Cl)cccc1C(=O)O. The number of carbonyl (C=O) groups excluding carboxylic acids is 1. The third kappa shape index (κ3) is 5.87. The molecule has 0 aliphatic rings. The minimum Gasteiger partial charge on any atom is -0.478 e. The molecule has 0 radical (unpaired) electrons. The Morgan fingerprint density at radius 2 is 2.05 bits per heavy atom. The maximum Gasteiger partial charge on any atom is 0.407 e. The fraction of sp³-hybridized carbons (Fsp3) is 0.333. The van der Waals surface area contributed by atoms with Gasteiger partial charge in [0.25, 0.3) is 0 Å². The molecule has 21 heavy (non-hydrogen) atoms. The Kier molecular flexibility index (Phi) is 5.79. The van der Waals surface area contributed by atoms with Crippen molar-refractivity contribution in [2.24, 2.45) is 0 Å². The van der Waals surface area contributed by atoms with E-state index >= 15 is 0 Å². The number of hydrogen-bond acceptors (Lipinski definition) is 3. The predicted molar refractivity (Wildman–Crippen MR) is 81.7 cm³/mol. The van der Waals surface area contributed by atoms with E-state index in [1.165, 1.54) is 6.07 Å². The number of aromatic carboxylic acids is 1. The summed E-state index contributed by atoms with van der Waals surface area (Å²) in [4.78, 5) is 22.5. The summed E-state index contributed by atoms with van der Waals surface area (Å²) in [7, 11) is 0. The zero-order valence-corrected chi connectivity index (χ0v) is 12.9. The number of ether oxygens (including phenoxy) is 1. The summed E-state index contributed by atoms with van der Waals surface area (Å²) in [5, 5.41) is 12.0. The van der Waals surface area contributed by atoms with Crippen LogP contribution < -0.4 is 5.32 Å². The predicted octanol–water partition coefficient (Wildman–Crippen LogP) is 3.58. The van der Waals surface area contributed by atoms with Crippen LogP contribution in [-0.4, -0.2) is 29.3 Å². The number of hydrogen-bond donors (Lipinski definition) is 2. The van der Waals surface area contributed by atoms with E-state index in [2.05, 4.69) is 5.32 Å². The highest BCUT2D eigenvalue weighted by molar-refractivity contribution is 6.32. The van der Waals surface area contributed by atoms with Gasteiger partial charge in [0.05, 0.1) is 5.56 Å². The van der Waals surface area contributed by atoms with Gasteiger partial charge in [-0.05, 0) is 32.9 Å². The van der Waals surface area contributed by atoms with Crippen LogP contribution in [0.4, 0.5) is 4.79 Å². The zero-order valence-electron chi connectivity index (χ0n) is 12.1. The Morgan fingerprint density at radius 1 is 1.38 bits per heavy atom. The topological polar surface area (TPSA) is 75.6 Å². The smallest absolute Gasteiger partial charge is 0.407 e. The summed E-state index contributed by atoms with van der Waals surface area (Å²) < 4.78 is 5.07. The fourth-order valence-corrected chi connectivity index (χ4v) is 1.76. The van der Waals surface area contributed by atoms with E-state index in [0.29, 0.717) is 10.6 Å². The van der Waals surface area contributed by atoms with Crippen LogP contribution in [0.15, 0.2) is 24.3 Å². The standard InChI is InChI=1S/C15H18ClNO4/c1-15(2,3)21-14(20)17-9-5-7-10-11(13(18)19)6-4-8-12(10)16/h4-8H,9H2,1-3H3,(H,17,20)(H,18,19). The van der Waals surface area contributed by atoms with Gasteiger partial charge in [-0.15, -0.1) is 0 Å². The second-order valence-electron chi connectivity index (χ2n) is 5.29. The molecule has 0 bridgehead atoms. The van der Waals surface area contributed by atoms with Crippen molar-refractivity contribution < 1.29 is 19.4 Å². The first-order chi connectivity index (χ1) is 9.70. The maximum atomic E-state index is 11.4. The number of halogens is 1. The van der Waals surface area contributed by atoms with Gasteiger partial charge in [-0.1, -0.05) is 29.8 Å². The highest BCUT2D eigenvalue weighted by atomic mass is 35.5. The van der Waals surface area contributed by atoms with E-state index in [1.54, 1.807) is 45.1 Å². The molecule has 0 unspecified atom stereocenters. The fourth-order valence-electron chi connectivity index (χ4n) is 1.53. The van der Waals surface area contributed by atoms with Gasteiger partial charge in [0, 0.05) is 17.1 Å². The molecule has 1 aromatic rings. The van der Waals surface area contributed by atoms with E-state index in [0.717, 1.165) is 0 Å². The molecule has 0 saturated heterocycles. The van der Waals surface area contributed by atoms with Crippen LogP contribution in [0.2, 0.25) is 5.02 Å². The van der Waals surface area contributed by atoms with Crippen LogP contribution in [0.25, 0.3) is 6.08 Å². The molecule has 1 rings (SSSR count). The summed E-state index contributed by atoms with van der Waals surface area (Å²) in [5.74, 6) is -1.06. The van der Waals surface area contributed by atoms with Gasteiger partial charge in [-0.3, -0.25) is 0 Å². The lowest BCUT2D eigenvalue weighted by atomic mass is 10.1. The molecular formula is C15H18ClNO4. The number of benzene rings is 1. The molecule has 1 amide bonds. The Labute approximate surface area is 128 Å². The van der Waals surface area contributed by atoms with E-state index in [9.17, 15) is 9.59 Å². The zero-order chi connectivity index (χ0) is 16.0. The van der Waals surface area contributed by atoms with Gasteiger partial charge in [0.15, 0.2) is 0 Å². The van der Waals surface area contributed by atoms with Gasteiger partial charge in [-0.2, -0.15) is 0 Å². The molecule has 0 heterocycles. The molecule has 0 spiro atoms. The maximum absolute atomic E-state index is 11.4. The lowest BCUT2D eigenvalue weighted by Crippen LogP contribution is -2.32. The summed E-state index contributed by atoms with van der Waals surface area (Å²) in [5.41, 5.74) is -0.0545. The Bertz CT molecular complexity index is 561. The first-order valence-corrected chi connectivity index (χ1v) is 6.73. The number of carbonyl (C=O) groups is 2. The third-order valence-electron chi connectivity index (χ3n) is 2.33. The molecule has 0 fully saturated rings. The number of rotatable bonds is 4. The van der Waals surface area contributed by atoms with Crippen LogP contribution in [0.1, 0.15) is 36.7 Å². The van der Waals surface area contributed by atoms with Crippen LogP contribution in [0.3, 0.4) is 0 Å². The van der Waals surface area contributed by atoms with E-state index in [-0.39, 0.29) is 12.1 Å². The van der Waals surface area contributed by atoms with Crippen molar-refractivity contribution >= 4 is 29.7 Å². The van der Waals surface area contributed by atoms with Crippen molar-refractivity contribution in [1.82, 2.24) is 5.32 Å². The molecule has 114 valence electrons. The second-order valence-corrected chi connectivity index (χ2v) is 5.70. The number of alkyl carbamates (subject to hydrolysis) is 1. The van der Waals surface area contributed by atoms with Crippen LogP contribution in [0.5, 0.6) is 0 Å². The van der Waals surface area contributed by atoms with Crippen molar-refractivity contribution in [3.63, 3.8) is 0 Å². The molecule has 6 heteroatoms. The van der Waals surface area contributed by atoms with E-state index < -0.39 is 17.7 Å². The number of carboxylic acid groups (broad SMARTS) is 1. The Hall–Kier alpha value is -2.01. The second kappa shape index (κ2) is 7.13. The highest BCUT2D eigenvalue weighted by Gasteiger charge is 2.15. The molecule has 2 N–H and O–H groups in total. The molecule has 1 aromatic carbocycles. The summed E-state index contributed by atoms with van der Waals surface area (Å²) in [6.07, 6.45) is 2.63. The van der Waals surface area contributed by atoms with Gasteiger partial charge in [0.2, 0.25) is 0 Å². The van der Waals surface area contributed by atoms with Crippen LogP contribution in [0, 0.1) is 0 Å². The first-order valence-electron chi connectivity index (χ1n) is 6.36. The summed E-state index contributed by atoms with van der Waals surface area (Å²) in [6, 6.07) is 4.65. The highest BCUT2D eigenvalue weighted by Crippen LogP contribution is 2.21. The molecule has 0 saturated carbocycles. The molecular weight excluding hydrogens is 294 g/mol.